The lowest BCUT2D eigenvalue weighted by Crippen LogP contribution is -2.21. The molecular formula is C7H13NO3. The third-order valence-corrected chi connectivity index (χ3v) is 1.13. The zero-order chi connectivity index (χ0) is 8.85. The minimum Gasteiger partial charge on any atom is -0.433 e. The van der Waals surface area contributed by atoms with E-state index in [2.05, 4.69) is 11.3 Å². The summed E-state index contributed by atoms with van der Waals surface area (Å²) in [5, 5.41) is 8.85. The summed E-state index contributed by atoms with van der Waals surface area (Å²) < 4.78 is 4.49. The van der Waals surface area contributed by atoms with Crippen molar-refractivity contribution in [3.8, 4) is 0 Å². The molecule has 0 aliphatic heterocycles. The van der Waals surface area contributed by atoms with Crippen molar-refractivity contribution < 1.29 is 14.6 Å². The highest BCUT2D eigenvalue weighted by molar-refractivity contribution is 5.88. The summed E-state index contributed by atoms with van der Waals surface area (Å²) in [6.07, 6.45) is -0.686. The van der Waals surface area contributed by atoms with Crippen LogP contribution in [-0.2, 0) is 9.53 Å². The molecule has 0 radical (unpaired) electrons. The van der Waals surface area contributed by atoms with Crippen LogP contribution < -0.4 is 5.73 Å². The Labute approximate surface area is 65.6 Å². The molecule has 0 amide bonds. The maximum Gasteiger partial charge on any atom is 0.337 e. The van der Waals surface area contributed by atoms with Crippen LogP contribution in [0.25, 0.3) is 0 Å². The van der Waals surface area contributed by atoms with Gasteiger partial charge in [0.25, 0.3) is 0 Å². The van der Waals surface area contributed by atoms with E-state index in [1.54, 1.807) is 6.92 Å². The van der Waals surface area contributed by atoms with E-state index < -0.39 is 12.3 Å². The fourth-order valence-electron chi connectivity index (χ4n) is 0.374. The van der Waals surface area contributed by atoms with Crippen molar-refractivity contribution >= 4 is 5.97 Å². The Balaban J connectivity index is 3.77. The van der Waals surface area contributed by atoms with Crippen molar-refractivity contribution in [2.75, 3.05) is 6.54 Å². The smallest absolute Gasteiger partial charge is 0.337 e. The van der Waals surface area contributed by atoms with Gasteiger partial charge in [-0.05, 0) is 0 Å². The number of hydrogen-bond donors (Lipinski definition) is 2. The molecule has 0 heterocycles. The fraction of sp³-hybridized carbons (Fsp3) is 0.571. The molecule has 0 aliphatic carbocycles. The molecule has 0 fully saturated rings. The molecule has 0 aromatic heterocycles. The SMILES string of the molecule is C=C(CN)C(=O)OC(O)CC. The average Bonchev–Trinajstić information content (AvgIpc) is 2.02. The molecule has 1 unspecified atom stereocenters. The Hall–Kier alpha value is -0.870. The standard InChI is InChI=1S/C7H13NO3/c1-3-6(9)11-7(10)5(2)4-8/h6,9H,2-4,8H2,1H3. The number of rotatable bonds is 4. The first-order valence-corrected chi connectivity index (χ1v) is 3.38. The molecule has 4 heteroatoms. The third-order valence-electron chi connectivity index (χ3n) is 1.13. The number of aliphatic hydroxyl groups is 1. The topological polar surface area (TPSA) is 72.6 Å². The normalized spacial score (nSPS) is 12.3. The van der Waals surface area contributed by atoms with E-state index in [0.717, 1.165) is 0 Å². The first kappa shape index (κ1) is 10.1. The molecule has 0 spiro atoms. The monoisotopic (exact) mass is 159 g/mol. The summed E-state index contributed by atoms with van der Waals surface area (Å²) >= 11 is 0. The number of hydrogen-bond acceptors (Lipinski definition) is 4. The lowest BCUT2D eigenvalue weighted by atomic mass is 10.3. The van der Waals surface area contributed by atoms with Crippen LogP contribution in [0.1, 0.15) is 13.3 Å². The van der Waals surface area contributed by atoms with Gasteiger partial charge in [-0.3, -0.25) is 0 Å². The highest BCUT2D eigenvalue weighted by atomic mass is 16.6. The number of aliphatic hydroxyl groups excluding tert-OH is 1. The summed E-state index contributed by atoms with van der Waals surface area (Å²) in [7, 11) is 0. The van der Waals surface area contributed by atoms with Crippen molar-refractivity contribution in [1.82, 2.24) is 0 Å². The van der Waals surface area contributed by atoms with Crippen LogP contribution in [0.2, 0.25) is 0 Å². The molecule has 0 aromatic carbocycles. The van der Waals surface area contributed by atoms with Crippen molar-refractivity contribution in [1.29, 1.82) is 0 Å². The van der Waals surface area contributed by atoms with Crippen molar-refractivity contribution in [2.24, 2.45) is 5.73 Å². The molecule has 1 atom stereocenters. The number of carbonyl (C=O) groups is 1. The quantitative estimate of drug-likeness (QED) is 0.338. The maximum atomic E-state index is 10.8. The van der Waals surface area contributed by atoms with Gasteiger partial charge in [-0.25, -0.2) is 4.79 Å². The zero-order valence-electron chi connectivity index (χ0n) is 6.54. The number of esters is 1. The zero-order valence-corrected chi connectivity index (χ0v) is 6.54. The highest BCUT2D eigenvalue weighted by Crippen LogP contribution is 1.98. The minimum atomic E-state index is -1.05. The predicted molar refractivity (Wildman–Crippen MR) is 40.6 cm³/mol. The Morgan fingerprint density at radius 3 is 2.73 bits per heavy atom. The van der Waals surface area contributed by atoms with Crippen LogP contribution in [0.15, 0.2) is 12.2 Å². The van der Waals surface area contributed by atoms with Crippen LogP contribution in [-0.4, -0.2) is 23.9 Å². The fourth-order valence-corrected chi connectivity index (χ4v) is 0.374. The van der Waals surface area contributed by atoms with Gasteiger partial charge in [0.2, 0.25) is 6.29 Å². The van der Waals surface area contributed by atoms with Gasteiger partial charge < -0.3 is 15.6 Å². The summed E-state index contributed by atoms with van der Waals surface area (Å²) in [6.45, 7) is 5.10. The summed E-state index contributed by atoms with van der Waals surface area (Å²) in [5.41, 5.74) is 5.27. The Morgan fingerprint density at radius 2 is 2.36 bits per heavy atom. The largest absolute Gasteiger partial charge is 0.433 e. The predicted octanol–water partition coefficient (Wildman–Crippen LogP) is -0.227. The van der Waals surface area contributed by atoms with Gasteiger partial charge in [-0.2, -0.15) is 0 Å². The summed E-state index contributed by atoms with van der Waals surface area (Å²) in [5.74, 6) is -0.637. The minimum absolute atomic E-state index is 0.0509. The van der Waals surface area contributed by atoms with Crippen LogP contribution in [0.5, 0.6) is 0 Å². The molecule has 4 nitrogen and oxygen atoms in total. The van der Waals surface area contributed by atoms with Crippen molar-refractivity contribution in [3.05, 3.63) is 12.2 Å². The van der Waals surface area contributed by atoms with Gasteiger partial charge in [0.15, 0.2) is 0 Å². The van der Waals surface area contributed by atoms with E-state index in [-0.39, 0.29) is 12.1 Å². The Morgan fingerprint density at radius 1 is 1.82 bits per heavy atom. The van der Waals surface area contributed by atoms with Gasteiger partial charge in [0.1, 0.15) is 0 Å². The second-order valence-electron chi connectivity index (χ2n) is 2.08. The van der Waals surface area contributed by atoms with Crippen LogP contribution in [0.3, 0.4) is 0 Å². The number of ether oxygens (including phenoxy) is 1. The van der Waals surface area contributed by atoms with Gasteiger partial charge in [0, 0.05) is 18.5 Å². The molecule has 0 saturated heterocycles. The molecular weight excluding hydrogens is 146 g/mol. The van der Waals surface area contributed by atoms with Gasteiger partial charge >= 0.3 is 5.97 Å². The van der Waals surface area contributed by atoms with Crippen molar-refractivity contribution in [3.63, 3.8) is 0 Å². The molecule has 0 saturated carbocycles. The average molecular weight is 159 g/mol. The number of nitrogens with two attached hydrogens (primary N) is 1. The molecule has 0 rings (SSSR count). The van der Waals surface area contributed by atoms with Gasteiger partial charge in [-0.1, -0.05) is 13.5 Å². The van der Waals surface area contributed by atoms with Crippen molar-refractivity contribution in [2.45, 2.75) is 19.6 Å². The van der Waals surface area contributed by atoms with E-state index in [1.165, 1.54) is 0 Å². The van der Waals surface area contributed by atoms with Gasteiger partial charge in [0.05, 0.1) is 0 Å². The molecule has 0 aliphatic rings. The summed E-state index contributed by atoms with van der Waals surface area (Å²) in [4.78, 5) is 10.8. The molecule has 0 bridgehead atoms. The lowest BCUT2D eigenvalue weighted by Gasteiger charge is -2.09. The lowest BCUT2D eigenvalue weighted by molar-refractivity contribution is -0.163. The molecule has 3 N–H and O–H groups in total. The first-order valence-electron chi connectivity index (χ1n) is 3.38. The number of carbonyl (C=O) groups excluding carboxylic acids is 1. The van der Waals surface area contributed by atoms with E-state index >= 15 is 0 Å². The molecule has 11 heavy (non-hydrogen) atoms. The summed E-state index contributed by atoms with van der Waals surface area (Å²) in [6, 6.07) is 0. The highest BCUT2D eigenvalue weighted by Gasteiger charge is 2.10. The van der Waals surface area contributed by atoms with E-state index in [4.69, 9.17) is 10.8 Å². The first-order chi connectivity index (χ1) is 5.11. The second kappa shape index (κ2) is 4.87. The molecule has 0 aromatic rings. The Kier molecular flexibility index (Phi) is 4.49. The molecule has 64 valence electrons. The van der Waals surface area contributed by atoms with E-state index in [1.807, 2.05) is 0 Å². The van der Waals surface area contributed by atoms with Crippen LogP contribution >= 0.6 is 0 Å². The van der Waals surface area contributed by atoms with Crippen LogP contribution in [0.4, 0.5) is 0 Å². The third kappa shape index (κ3) is 3.75. The maximum absolute atomic E-state index is 10.8. The van der Waals surface area contributed by atoms with E-state index in [9.17, 15) is 4.79 Å². The van der Waals surface area contributed by atoms with Gasteiger partial charge in [-0.15, -0.1) is 0 Å². The van der Waals surface area contributed by atoms with E-state index in [0.29, 0.717) is 6.42 Å². The van der Waals surface area contributed by atoms with Crippen LogP contribution in [0, 0.1) is 0 Å². The second-order valence-corrected chi connectivity index (χ2v) is 2.08. The Bertz CT molecular complexity index is 156.